The number of piperidine rings is 1. The van der Waals surface area contributed by atoms with E-state index in [0.717, 1.165) is 31.5 Å². The highest BCUT2D eigenvalue weighted by molar-refractivity contribution is 7.07. The van der Waals surface area contributed by atoms with Crippen molar-refractivity contribution in [2.45, 2.75) is 39.2 Å². The van der Waals surface area contributed by atoms with Crippen molar-refractivity contribution < 1.29 is 0 Å². The minimum atomic E-state index is 0.771. The van der Waals surface area contributed by atoms with Crippen molar-refractivity contribution >= 4 is 11.3 Å². The van der Waals surface area contributed by atoms with Crippen LogP contribution in [0.15, 0.2) is 16.8 Å². The van der Waals surface area contributed by atoms with E-state index in [1.165, 1.54) is 31.5 Å². The molecule has 1 N–H and O–H groups in total. The van der Waals surface area contributed by atoms with Crippen LogP contribution in [0.25, 0.3) is 0 Å². The van der Waals surface area contributed by atoms with Crippen LogP contribution in [0.2, 0.25) is 0 Å². The van der Waals surface area contributed by atoms with Gasteiger partial charge >= 0.3 is 0 Å². The first kappa shape index (κ1) is 14.0. The fraction of sp³-hybridized carbons (Fsp3) is 0.733. The van der Waals surface area contributed by atoms with Gasteiger partial charge in [-0.25, -0.2) is 0 Å². The first-order chi connectivity index (χ1) is 8.75. The maximum Gasteiger partial charge on any atom is 0.0110 e. The van der Waals surface area contributed by atoms with E-state index in [2.05, 4.69) is 40.9 Å². The molecule has 2 nitrogen and oxygen atoms in total. The molecule has 0 bridgehead atoms. The lowest BCUT2D eigenvalue weighted by Crippen LogP contribution is -2.43. The smallest absolute Gasteiger partial charge is 0.0110 e. The quantitative estimate of drug-likeness (QED) is 0.796. The molecule has 2 rings (SSSR count). The summed E-state index contributed by atoms with van der Waals surface area (Å²) in [5.41, 5.74) is 1.47. The van der Waals surface area contributed by atoms with Crippen LogP contribution in [-0.4, -0.2) is 37.1 Å². The third-order valence-electron chi connectivity index (χ3n) is 4.02. The van der Waals surface area contributed by atoms with Gasteiger partial charge in [0, 0.05) is 19.1 Å². The van der Waals surface area contributed by atoms with Gasteiger partial charge in [0.25, 0.3) is 0 Å². The highest BCUT2D eigenvalue weighted by Gasteiger charge is 2.21. The Kier molecular flexibility index (Phi) is 5.67. The van der Waals surface area contributed by atoms with Crippen molar-refractivity contribution in [3.05, 3.63) is 22.4 Å². The lowest BCUT2D eigenvalue weighted by atomic mass is 9.93. The van der Waals surface area contributed by atoms with Gasteiger partial charge in [-0.1, -0.05) is 6.92 Å². The third-order valence-corrected chi connectivity index (χ3v) is 4.75. The molecule has 1 aromatic rings. The topological polar surface area (TPSA) is 15.3 Å². The number of hydrogen-bond donors (Lipinski definition) is 1. The standard InChI is InChI=1S/C15H26N2S/c1-13-4-8-17(14(2)11-13)9-7-16-6-3-15-5-10-18-12-15/h5,10,12-14,16H,3-4,6-9,11H2,1-2H3. The average molecular weight is 266 g/mol. The van der Waals surface area contributed by atoms with Gasteiger partial charge in [-0.15, -0.1) is 0 Å². The maximum absolute atomic E-state index is 3.57. The van der Waals surface area contributed by atoms with Gasteiger partial charge in [-0.3, -0.25) is 4.90 Å². The second-order valence-electron chi connectivity index (χ2n) is 5.65. The van der Waals surface area contributed by atoms with E-state index < -0.39 is 0 Å². The summed E-state index contributed by atoms with van der Waals surface area (Å²) >= 11 is 1.79. The summed E-state index contributed by atoms with van der Waals surface area (Å²) in [6.07, 6.45) is 3.91. The second kappa shape index (κ2) is 7.27. The predicted octanol–water partition coefficient (Wildman–Crippen LogP) is 3.00. The summed E-state index contributed by atoms with van der Waals surface area (Å²) in [5, 5.41) is 7.97. The molecular formula is C15H26N2S. The Labute approximate surface area is 115 Å². The molecule has 2 heterocycles. The highest BCUT2D eigenvalue weighted by atomic mass is 32.1. The Bertz CT molecular complexity index is 323. The molecule has 2 atom stereocenters. The van der Waals surface area contributed by atoms with Crippen LogP contribution in [-0.2, 0) is 6.42 Å². The molecule has 102 valence electrons. The SMILES string of the molecule is CC1CCN(CCNCCc2ccsc2)C(C)C1. The Morgan fingerprint density at radius 1 is 1.39 bits per heavy atom. The number of hydrogen-bond acceptors (Lipinski definition) is 3. The van der Waals surface area contributed by atoms with Crippen LogP contribution >= 0.6 is 11.3 Å². The number of rotatable bonds is 6. The Hall–Kier alpha value is -0.380. The van der Waals surface area contributed by atoms with Gasteiger partial charge in [0.15, 0.2) is 0 Å². The van der Waals surface area contributed by atoms with Crippen LogP contribution < -0.4 is 5.32 Å². The molecule has 1 saturated heterocycles. The van der Waals surface area contributed by atoms with Gasteiger partial charge in [0.05, 0.1) is 0 Å². The van der Waals surface area contributed by atoms with Crippen molar-refractivity contribution in [3.63, 3.8) is 0 Å². The Morgan fingerprint density at radius 2 is 2.28 bits per heavy atom. The molecule has 0 amide bonds. The number of likely N-dealkylation sites (tertiary alicyclic amines) is 1. The predicted molar refractivity (Wildman–Crippen MR) is 80.3 cm³/mol. The molecule has 1 fully saturated rings. The van der Waals surface area contributed by atoms with Crippen LogP contribution in [0.4, 0.5) is 0 Å². The molecule has 0 spiro atoms. The van der Waals surface area contributed by atoms with Crippen molar-refractivity contribution in [1.82, 2.24) is 10.2 Å². The van der Waals surface area contributed by atoms with E-state index >= 15 is 0 Å². The normalized spacial score (nSPS) is 25.4. The summed E-state index contributed by atoms with van der Waals surface area (Å²) in [6, 6.07) is 2.99. The average Bonchev–Trinajstić information content (AvgIpc) is 2.84. The number of nitrogens with zero attached hydrogens (tertiary/aromatic N) is 1. The second-order valence-corrected chi connectivity index (χ2v) is 6.43. The molecule has 18 heavy (non-hydrogen) atoms. The fourth-order valence-corrected chi connectivity index (χ4v) is 3.51. The molecule has 0 saturated carbocycles. The van der Waals surface area contributed by atoms with E-state index in [1.54, 1.807) is 11.3 Å². The molecule has 0 aromatic carbocycles. The maximum atomic E-state index is 3.57. The van der Waals surface area contributed by atoms with E-state index in [4.69, 9.17) is 0 Å². The zero-order valence-electron chi connectivity index (χ0n) is 11.7. The van der Waals surface area contributed by atoms with Gasteiger partial charge in [-0.05, 0) is 67.6 Å². The minimum Gasteiger partial charge on any atom is -0.315 e. The highest BCUT2D eigenvalue weighted by Crippen LogP contribution is 2.21. The monoisotopic (exact) mass is 266 g/mol. The molecule has 2 unspecified atom stereocenters. The van der Waals surface area contributed by atoms with Gasteiger partial charge in [0.2, 0.25) is 0 Å². The summed E-state index contributed by atoms with van der Waals surface area (Å²) in [5.74, 6) is 0.919. The van der Waals surface area contributed by atoms with E-state index in [1.807, 2.05) is 0 Å². The molecular weight excluding hydrogens is 240 g/mol. The van der Waals surface area contributed by atoms with Gasteiger partial charge in [-0.2, -0.15) is 11.3 Å². The minimum absolute atomic E-state index is 0.771. The fourth-order valence-electron chi connectivity index (χ4n) is 2.80. The van der Waals surface area contributed by atoms with Gasteiger partial charge < -0.3 is 5.32 Å². The van der Waals surface area contributed by atoms with Crippen molar-refractivity contribution in [2.75, 3.05) is 26.2 Å². The van der Waals surface area contributed by atoms with E-state index in [-0.39, 0.29) is 0 Å². The molecule has 0 radical (unpaired) electrons. The van der Waals surface area contributed by atoms with E-state index in [0.29, 0.717) is 0 Å². The first-order valence-corrected chi connectivity index (χ1v) is 8.16. The summed E-state index contributed by atoms with van der Waals surface area (Å²) in [6.45, 7) is 9.48. The van der Waals surface area contributed by atoms with Crippen molar-refractivity contribution in [1.29, 1.82) is 0 Å². The zero-order valence-corrected chi connectivity index (χ0v) is 12.5. The summed E-state index contributed by atoms with van der Waals surface area (Å²) in [4.78, 5) is 2.64. The van der Waals surface area contributed by atoms with Crippen LogP contribution in [0.5, 0.6) is 0 Å². The van der Waals surface area contributed by atoms with E-state index in [9.17, 15) is 0 Å². The lowest BCUT2D eigenvalue weighted by molar-refractivity contribution is 0.130. The van der Waals surface area contributed by atoms with Crippen molar-refractivity contribution in [3.8, 4) is 0 Å². The van der Waals surface area contributed by atoms with Crippen LogP contribution in [0, 0.1) is 5.92 Å². The zero-order chi connectivity index (χ0) is 12.8. The first-order valence-electron chi connectivity index (χ1n) is 7.21. The molecule has 3 heteroatoms. The summed E-state index contributed by atoms with van der Waals surface area (Å²) in [7, 11) is 0. The van der Waals surface area contributed by atoms with Crippen molar-refractivity contribution in [2.24, 2.45) is 5.92 Å². The molecule has 1 aliphatic rings. The van der Waals surface area contributed by atoms with Gasteiger partial charge in [0.1, 0.15) is 0 Å². The Morgan fingerprint density at radius 3 is 3.00 bits per heavy atom. The number of nitrogens with one attached hydrogen (secondary N) is 1. The largest absolute Gasteiger partial charge is 0.315 e. The summed E-state index contributed by atoms with van der Waals surface area (Å²) < 4.78 is 0. The third kappa shape index (κ3) is 4.38. The lowest BCUT2D eigenvalue weighted by Gasteiger charge is -2.36. The Balaban J connectivity index is 1.55. The molecule has 1 aromatic heterocycles. The molecule has 0 aliphatic carbocycles. The van der Waals surface area contributed by atoms with Crippen LogP contribution in [0.1, 0.15) is 32.3 Å². The van der Waals surface area contributed by atoms with Crippen LogP contribution in [0.3, 0.4) is 0 Å². The molecule has 1 aliphatic heterocycles. The number of thiophene rings is 1.